The summed E-state index contributed by atoms with van der Waals surface area (Å²) in [6.45, 7) is 0.557. The maximum absolute atomic E-state index is 13.4. The minimum absolute atomic E-state index is 0.203. The molecule has 3 nitrogen and oxygen atoms in total. The highest BCUT2D eigenvalue weighted by Crippen LogP contribution is 2.12. The van der Waals surface area contributed by atoms with E-state index in [4.69, 9.17) is 5.26 Å². The van der Waals surface area contributed by atoms with Gasteiger partial charge in [0.2, 0.25) is 0 Å². The van der Waals surface area contributed by atoms with Crippen LogP contribution in [0, 0.1) is 17.1 Å². The van der Waals surface area contributed by atoms with E-state index in [0.29, 0.717) is 29.8 Å². The second-order valence-electron chi connectivity index (χ2n) is 3.80. The second-order valence-corrected chi connectivity index (χ2v) is 3.80. The Bertz CT molecular complexity index is 575. The van der Waals surface area contributed by atoms with Gasteiger partial charge in [0.05, 0.1) is 17.4 Å². The molecule has 0 radical (unpaired) electrons. The van der Waals surface area contributed by atoms with E-state index in [-0.39, 0.29) is 5.82 Å². The highest BCUT2D eigenvalue weighted by molar-refractivity contribution is 5.55. The fraction of sp³-hybridized carbons (Fsp3) is 0.143. The van der Waals surface area contributed by atoms with Crippen LogP contribution >= 0.6 is 0 Å². The predicted octanol–water partition coefficient (Wildman–Crippen LogP) is 2.75. The van der Waals surface area contributed by atoms with Crippen LogP contribution in [-0.2, 0) is 6.42 Å². The summed E-state index contributed by atoms with van der Waals surface area (Å²) in [5.74, 6) is -0.203. The molecular weight excluding hydrogens is 229 g/mol. The van der Waals surface area contributed by atoms with Crippen molar-refractivity contribution in [1.82, 2.24) is 4.98 Å². The van der Waals surface area contributed by atoms with Gasteiger partial charge in [0.25, 0.3) is 0 Å². The van der Waals surface area contributed by atoms with Crippen molar-refractivity contribution >= 4 is 5.69 Å². The Morgan fingerprint density at radius 1 is 1.28 bits per heavy atom. The molecule has 1 N–H and O–H groups in total. The Morgan fingerprint density at radius 2 is 2.11 bits per heavy atom. The number of aromatic nitrogens is 1. The van der Waals surface area contributed by atoms with E-state index in [0.717, 1.165) is 0 Å². The Hall–Kier alpha value is -2.41. The van der Waals surface area contributed by atoms with Gasteiger partial charge < -0.3 is 5.32 Å². The summed E-state index contributed by atoms with van der Waals surface area (Å²) in [5.41, 5.74) is 1.88. The standard InChI is InChI=1S/C14H12FN3/c15-13-4-2-1-3-11(13)6-8-18-14-10-17-7-5-12(14)9-16/h1-5,7,10,18H,6,8H2. The van der Waals surface area contributed by atoms with Crippen molar-refractivity contribution in [2.24, 2.45) is 0 Å². The highest BCUT2D eigenvalue weighted by Gasteiger charge is 2.02. The van der Waals surface area contributed by atoms with Crippen molar-refractivity contribution in [3.05, 3.63) is 59.7 Å². The van der Waals surface area contributed by atoms with Gasteiger partial charge in [-0.05, 0) is 24.1 Å². The monoisotopic (exact) mass is 241 g/mol. The fourth-order valence-electron chi connectivity index (χ4n) is 1.67. The number of hydrogen-bond acceptors (Lipinski definition) is 3. The first kappa shape index (κ1) is 12.1. The number of nitrogens with zero attached hydrogens (tertiary/aromatic N) is 2. The van der Waals surface area contributed by atoms with Gasteiger partial charge in [-0.1, -0.05) is 18.2 Å². The number of benzene rings is 1. The van der Waals surface area contributed by atoms with Crippen LogP contribution in [0.1, 0.15) is 11.1 Å². The molecule has 0 bridgehead atoms. The lowest BCUT2D eigenvalue weighted by Gasteiger charge is -2.07. The lowest BCUT2D eigenvalue weighted by Crippen LogP contribution is -2.07. The SMILES string of the molecule is N#Cc1ccncc1NCCc1ccccc1F. The largest absolute Gasteiger partial charge is 0.382 e. The number of pyridine rings is 1. The van der Waals surface area contributed by atoms with Crippen LogP contribution in [0.25, 0.3) is 0 Å². The Kier molecular flexibility index (Phi) is 3.87. The van der Waals surface area contributed by atoms with E-state index in [2.05, 4.69) is 16.4 Å². The van der Waals surface area contributed by atoms with E-state index < -0.39 is 0 Å². The third-order valence-electron chi connectivity index (χ3n) is 2.61. The molecule has 90 valence electrons. The van der Waals surface area contributed by atoms with Gasteiger partial charge in [-0.15, -0.1) is 0 Å². The van der Waals surface area contributed by atoms with E-state index in [1.54, 1.807) is 30.6 Å². The summed E-state index contributed by atoms with van der Waals surface area (Å²) < 4.78 is 13.4. The normalized spacial score (nSPS) is 9.78. The third kappa shape index (κ3) is 2.83. The molecule has 0 amide bonds. The summed E-state index contributed by atoms with van der Waals surface area (Å²) in [4.78, 5) is 3.95. The molecule has 1 aromatic heterocycles. The zero-order chi connectivity index (χ0) is 12.8. The highest BCUT2D eigenvalue weighted by atomic mass is 19.1. The van der Waals surface area contributed by atoms with E-state index in [1.807, 2.05) is 6.07 Å². The third-order valence-corrected chi connectivity index (χ3v) is 2.61. The molecular formula is C14H12FN3. The van der Waals surface area contributed by atoms with E-state index in [1.165, 1.54) is 6.07 Å². The number of nitrogens with one attached hydrogen (secondary N) is 1. The summed E-state index contributed by atoms with van der Waals surface area (Å²) >= 11 is 0. The molecule has 1 aromatic carbocycles. The smallest absolute Gasteiger partial charge is 0.126 e. The number of rotatable bonds is 4. The lowest BCUT2D eigenvalue weighted by atomic mass is 10.1. The van der Waals surface area contributed by atoms with Gasteiger partial charge in [0.15, 0.2) is 0 Å². The molecule has 4 heteroatoms. The molecule has 0 aliphatic carbocycles. The summed E-state index contributed by atoms with van der Waals surface area (Å²) in [6.07, 6.45) is 3.73. The van der Waals surface area contributed by atoms with Crippen LogP contribution in [0.3, 0.4) is 0 Å². The number of halogens is 1. The molecule has 18 heavy (non-hydrogen) atoms. The van der Waals surface area contributed by atoms with Gasteiger partial charge in [-0.3, -0.25) is 4.98 Å². The molecule has 2 rings (SSSR count). The molecule has 1 heterocycles. The van der Waals surface area contributed by atoms with Crippen LogP contribution in [0.5, 0.6) is 0 Å². The van der Waals surface area contributed by atoms with Crippen LogP contribution in [-0.4, -0.2) is 11.5 Å². The van der Waals surface area contributed by atoms with Crippen LogP contribution < -0.4 is 5.32 Å². The van der Waals surface area contributed by atoms with Crippen molar-refractivity contribution in [3.8, 4) is 6.07 Å². The quantitative estimate of drug-likeness (QED) is 0.895. The molecule has 0 spiro atoms. The molecule has 0 atom stereocenters. The Labute approximate surface area is 105 Å². The van der Waals surface area contributed by atoms with E-state index >= 15 is 0 Å². The zero-order valence-electron chi connectivity index (χ0n) is 9.73. The minimum atomic E-state index is -0.203. The average molecular weight is 241 g/mol. The number of hydrogen-bond donors (Lipinski definition) is 1. The van der Waals surface area contributed by atoms with Gasteiger partial charge in [0.1, 0.15) is 11.9 Å². The molecule has 0 aliphatic heterocycles. The first-order valence-electron chi connectivity index (χ1n) is 5.62. The molecule has 0 fully saturated rings. The Balaban J connectivity index is 1.97. The maximum atomic E-state index is 13.4. The number of anilines is 1. The fourth-order valence-corrected chi connectivity index (χ4v) is 1.67. The predicted molar refractivity (Wildman–Crippen MR) is 67.5 cm³/mol. The minimum Gasteiger partial charge on any atom is -0.382 e. The van der Waals surface area contributed by atoms with Crippen LogP contribution in [0.2, 0.25) is 0 Å². The summed E-state index contributed by atoms with van der Waals surface area (Å²) in [7, 11) is 0. The van der Waals surface area contributed by atoms with Crippen LogP contribution in [0.4, 0.5) is 10.1 Å². The van der Waals surface area contributed by atoms with Gasteiger partial charge in [-0.25, -0.2) is 4.39 Å². The first-order valence-corrected chi connectivity index (χ1v) is 5.62. The summed E-state index contributed by atoms with van der Waals surface area (Å²) in [5, 5.41) is 12.0. The van der Waals surface area contributed by atoms with Crippen molar-refractivity contribution in [1.29, 1.82) is 5.26 Å². The first-order chi connectivity index (χ1) is 8.81. The van der Waals surface area contributed by atoms with Crippen LogP contribution in [0.15, 0.2) is 42.7 Å². The zero-order valence-corrected chi connectivity index (χ0v) is 9.73. The van der Waals surface area contributed by atoms with Gasteiger partial charge in [0, 0.05) is 12.7 Å². The Morgan fingerprint density at radius 3 is 2.89 bits per heavy atom. The van der Waals surface area contributed by atoms with Gasteiger partial charge in [-0.2, -0.15) is 5.26 Å². The van der Waals surface area contributed by atoms with Crippen molar-refractivity contribution in [2.45, 2.75) is 6.42 Å². The molecule has 0 saturated heterocycles. The van der Waals surface area contributed by atoms with E-state index in [9.17, 15) is 4.39 Å². The van der Waals surface area contributed by atoms with Gasteiger partial charge >= 0.3 is 0 Å². The molecule has 0 unspecified atom stereocenters. The van der Waals surface area contributed by atoms with Crippen molar-refractivity contribution < 1.29 is 4.39 Å². The second kappa shape index (κ2) is 5.78. The van der Waals surface area contributed by atoms with Crippen molar-refractivity contribution in [3.63, 3.8) is 0 Å². The maximum Gasteiger partial charge on any atom is 0.126 e. The topological polar surface area (TPSA) is 48.7 Å². The lowest BCUT2D eigenvalue weighted by molar-refractivity contribution is 0.610. The van der Waals surface area contributed by atoms with Crippen molar-refractivity contribution in [2.75, 3.05) is 11.9 Å². The number of nitriles is 1. The molecule has 0 aliphatic rings. The molecule has 0 saturated carbocycles. The summed E-state index contributed by atoms with van der Waals surface area (Å²) in [6, 6.07) is 10.4. The average Bonchev–Trinajstić information content (AvgIpc) is 2.41. The molecule has 2 aromatic rings.